The molecule has 5 heteroatoms. The molecule has 100 valence electrons. The topological polar surface area (TPSA) is 70.6 Å². The van der Waals surface area contributed by atoms with Gasteiger partial charge in [0.25, 0.3) is 0 Å². The zero-order chi connectivity index (χ0) is 12.7. The molecule has 0 saturated carbocycles. The van der Waals surface area contributed by atoms with Crippen LogP contribution in [0.4, 0.5) is 0 Å². The van der Waals surface area contributed by atoms with Crippen molar-refractivity contribution in [1.29, 1.82) is 0 Å². The molecule has 1 heterocycles. The zero-order valence-electron chi connectivity index (χ0n) is 10.7. The molecular formula is C12H24N2O3. The predicted octanol–water partition coefficient (Wildman–Crippen LogP) is -0.112. The molecule has 1 saturated heterocycles. The third kappa shape index (κ3) is 6.00. The van der Waals surface area contributed by atoms with Crippen LogP contribution in [0.3, 0.4) is 0 Å². The maximum Gasteiger partial charge on any atom is 0.234 e. The number of amides is 1. The number of hydrogen-bond acceptors (Lipinski definition) is 4. The molecule has 0 bridgehead atoms. The third-order valence-electron chi connectivity index (χ3n) is 2.99. The number of hydrogen-bond donors (Lipinski definition) is 3. The fourth-order valence-electron chi connectivity index (χ4n) is 1.69. The summed E-state index contributed by atoms with van der Waals surface area (Å²) in [4.78, 5) is 11.6. The molecule has 0 aromatic carbocycles. The van der Waals surface area contributed by atoms with Gasteiger partial charge in [-0.3, -0.25) is 4.79 Å². The lowest BCUT2D eigenvalue weighted by Crippen LogP contribution is -2.44. The summed E-state index contributed by atoms with van der Waals surface area (Å²) < 4.78 is 5.22. The number of aliphatic hydroxyl groups excluding tert-OH is 1. The van der Waals surface area contributed by atoms with Crippen molar-refractivity contribution >= 4 is 5.91 Å². The van der Waals surface area contributed by atoms with Gasteiger partial charge in [0.05, 0.1) is 12.6 Å². The number of carbonyl (C=O) groups excluding carboxylic acids is 1. The van der Waals surface area contributed by atoms with E-state index in [0.29, 0.717) is 6.54 Å². The average molecular weight is 244 g/mol. The summed E-state index contributed by atoms with van der Waals surface area (Å²) in [5, 5.41) is 15.5. The molecule has 1 fully saturated rings. The Morgan fingerprint density at radius 1 is 1.41 bits per heavy atom. The van der Waals surface area contributed by atoms with Crippen molar-refractivity contribution in [3.05, 3.63) is 0 Å². The molecule has 5 nitrogen and oxygen atoms in total. The van der Waals surface area contributed by atoms with E-state index in [0.717, 1.165) is 26.1 Å². The molecule has 1 aliphatic rings. The molecule has 0 aliphatic carbocycles. The SMILES string of the molecule is CC(C)C(O)CNCC(=O)NC1CCOCC1. The second kappa shape index (κ2) is 7.63. The van der Waals surface area contributed by atoms with Crippen molar-refractivity contribution in [2.75, 3.05) is 26.3 Å². The second-order valence-corrected chi connectivity index (χ2v) is 4.90. The van der Waals surface area contributed by atoms with Crippen LogP contribution in [-0.4, -0.2) is 49.5 Å². The number of nitrogens with one attached hydrogen (secondary N) is 2. The van der Waals surface area contributed by atoms with Crippen LogP contribution in [0, 0.1) is 5.92 Å². The molecule has 17 heavy (non-hydrogen) atoms. The van der Waals surface area contributed by atoms with Gasteiger partial charge in [0, 0.05) is 25.8 Å². The molecule has 1 aliphatic heterocycles. The van der Waals surface area contributed by atoms with E-state index in [9.17, 15) is 9.90 Å². The van der Waals surface area contributed by atoms with E-state index in [2.05, 4.69) is 10.6 Å². The van der Waals surface area contributed by atoms with E-state index in [-0.39, 0.29) is 24.4 Å². The Kier molecular flexibility index (Phi) is 6.47. The molecule has 3 N–H and O–H groups in total. The molecule has 0 aromatic rings. The van der Waals surface area contributed by atoms with Crippen LogP contribution in [0.2, 0.25) is 0 Å². The number of carbonyl (C=O) groups is 1. The maximum atomic E-state index is 11.6. The Hall–Kier alpha value is -0.650. The number of aliphatic hydroxyl groups is 1. The standard InChI is InChI=1S/C12H24N2O3/c1-9(2)11(15)7-13-8-12(16)14-10-3-5-17-6-4-10/h9-11,13,15H,3-8H2,1-2H3,(H,14,16). The minimum atomic E-state index is -0.397. The fraction of sp³-hybridized carbons (Fsp3) is 0.917. The van der Waals surface area contributed by atoms with Gasteiger partial charge in [-0.25, -0.2) is 0 Å². The maximum absolute atomic E-state index is 11.6. The molecular weight excluding hydrogens is 220 g/mol. The summed E-state index contributed by atoms with van der Waals surface area (Å²) in [6.07, 6.45) is 1.38. The normalized spacial score (nSPS) is 19.3. The predicted molar refractivity (Wildman–Crippen MR) is 65.7 cm³/mol. The van der Waals surface area contributed by atoms with Gasteiger partial charge in [-0.2, -0.15) is 0 Å². The minimum Gasteiger partial charge on any atom is -0.392 e. The Labute approximate surface area is 103 Å². The Morgan fingerprint density at radius 2 is 2.06 bits per heavy atom. The first-order chi connectivity index (χ1) is 8.09. The fourth-order valence-corrected chi connectivity index (χ4v) is 1.69. The number of rotatable bonds is 6. The highest BCUT2D eigenvalue weighted by Gasteiger charge is 2.16. The summed E-state index contributed by atoms with van der Waals surface area (Å²) >= 11 is 0. The summed E-state index contributed by atoms with van der Waals surface area (Å²) in [7, 11) is 0. The van der Waals surface area contributed by atoms with E-state index >= 15 is 0 Å². The number of ether oxygens (including phenoxy) is 1. The highest BCUT2D eigenvalue weighted by Crippen LogP contribution is 2.05. The molecule has 0 aromatic heterocycles. The van der Waals surface area contributed by atoms with Crippen molar-refractivity contribution in [1.82, 2.24) is 10.6 Å². The highest BCUT2D eigenvalue weighted by molar-refractivity contribution is 5.78. The summed E-state index contributed by atoms with van der Waals surface area (Å²) in [6.45, 7) is 6.08. The van der Waals surface area contributed by atoms with Gasteiger partial charge in [0.2, 0.25) is 5.91 Å². The van der Waals surface area contributed by atoms with Crippen LogP contribution in [0.15, 0.2) is 0 Å². The van der Waals surface area contributed by atoms with Crippen LogP contribution in [0.5, 0.6) is 0 Å². The minimum absolute atomic E-state index is 0.00661. The summed E-state index contributed by atoms with van der Waals surface area (Å²) in [5.41, 5.74) is 0. The Bertz CT molecular complexity index is 228. The lowest BCUT2D eigenvalue weighted by atomic mass is 10.1. The average Bonchev–Trinajstić information content (AvgIpc) is 2.30. The van der Waals surface area contributed by atoms with Gasteiger partial charge < -0.3 is 20.5 Å². The van der Waals surface area contributed by atoms with Gasteiger partial charge >= 0.3 is 0 Å². The van der Waals surface area contributed by atoms with E-state index in [1.54, 1.807) is 0 Å². The quantitative estimate of drug-likeness (QED) is 0.609. The van der Waals surface area contributed by atoms with E-state index in [4.69, 9.17) is 4.74 Å². The first-order valence-corrected chi connectivity index (χ1v) is 6.35. The van der Waals surface area contributed by atoms with Crippen molar-refractivity contribution in [3.8, 4) is 0 Å². The van der Waals surface area contributed by atoms with E-state index in [1.807, 2.05) is 13.8 Å². The molecule has 1 unspecified atom stereocenters. The van der Waals surface area contributed by atoms with Crippen molar-refractivity contribution in [2.45, 2.75) is 38.8 Å². The van der Waals surface area contributed by atoms with Gasteiger partial charge in [-0.05, 0) is 18.8 Å². The third-order valence-corrected chi connectivity index (χ3v) is 2.99. The lowest BCUT2D eigenvalue weighted by molar-refractivity contribution is -0.121. The van der Waals surface area contributed by atoms with Crippen LogP contribution in [0.25, 0.3) is 0 Å². The van der Waals surface area contributed by atoms with Crippen LogP contribution < -0.4 is 10.6 Å². The second-order valence-electron chi connectivity index (χ2n) is 4.90. The van der Waals surface area contributed by atoms with E-state index < -0.39 is 6.10 Å². The lowest BCUT2D eigenvalue weighted by Gasteiger charge is -2.23. The largest absolute Gasteiger partial charge is 0.392 e. The van der Waals surface area contributed by atoms with Gasteiger partial charge in [-0.1, -0.05) is 13.8 Å². The molecule has 1 amide bonds. The monoisotopic (exact) mass is 244 g/mol. The molecule has 1 rings (SSSR count). The van der Waals surface area contributed by atoms with Crippen molar-refractivity contribution in [2.24, 2.45) is 5.92 Å². The Balaban J connectivity index is 2.08. The summed E-state index contributed by atoms with van der Waals surface area (Å²) in [5.74, 6) is 0.203. The van der Waals surface area contributed by atoms with Crippen molar-refractivity contribution < 1.29 is 14.6 Å². The van der Waals surface area contributed by atoms with Crippen LogP contribution in [0.1, 0.15) is 26.7 Å². The zero-order valence-corrected chi connectivity index (χ0v) is 10.7. The molecule has 0 radical (unpaired) electrons. The Morgan fingerprint density at radius 3 is 2.65 bits per heavy atom. The van der Waals surface area contributed by atoms with Crippen molar-refractivity contribution in [3.63, 3.8) is 0 Å². The highest BCUT2D eigenvalue weighted by atomic mass is 16.5. The van der Waals surface area contributed by atoms with Gasteiger partial charge in [-0.15, -0.1) is 0 Å². The van der Waals surface area contributed by atoms with Gasteiger partial charge in [0.1, 0.15) is 0 Å². The first kappa shape index (κ1) is 14.4. The first-order valence-electron chi connectivity index (χ1n) is 6.35. The smallest absolute Gasteiger partial charge is 0.234 e. The van der Waals surface area contributed by atoms with Gasteiger partial charge in [0.15, 0.2) is 0 Å². The van der Waals surface area contributed by atoms with Crippen LogP contribution in [-0.2, 0) is 9.53 Å². The molecule has 0 spiro atoms. The molecule has 1 atom stereocenters. The van der Waals surface area contributed by atoms with Crippen LogP contribution >= 0.6 is 0 Å². The van der Waals surface area contributed by atoms with E-state index in [1.165, 1.54) is 0 Å². The summed E-state index contributed by atoms with van der Waals surface area (Å²) in [6, 6.07) is 0.244.